The molecule has 3 aromatic rings. The summed E-state index contributed by atoms with van der Waals surface area (Å²) >= 11 is 2.05. The summed E-state index contributed by atoms with van der Waals surface area (Å²) in [7, 11) is 3.22. The predicted octanol–water partition coefficient (Wildman–Crippen LogP) is 3.77. The van der Waals surface area contributed by atoms with Crippen molar-refractivity contribution in [2.24, 2.45) is 7.05 Å². The number of halogens is 2. The number of pyridine rings is 1. The van der Waals surface area contributed by atoms with Crippen LogP contribution in [0.4, 0.5) is 10.1 Å². The van der Waals surface area contributed by atoms with Gasteiger partial charge in [0.1, 0.15) is 17.7 Å². The number of hydrogen-bond donors (Lipinski definition) is 1. The van der Waals surface area contributed by atoms with Crippen LogP contribution in [-0.4, -0.2) is 28.6 Å². The Hall–Kier alpha value is -2.88. The van der Waals surface area contributed by atoms with Crippen LogP contribution < -0.4 is 15.6 Å². The van der Waals surface area contributed by atoms with Crippen molar-refractivity contribution in [2.75, 3.05) is 12.4 Å². The third-order valence-electron chi connectivity index (χ3n) is 5.36. The summed E-state index contributed by atoms with van der Waals surface area (Å²) in [5.41, 5.74) is 2.18. The zero-order chi connectivity index (χ0) is 22.1. The molecule has 31 heavy (non-hydrogen) atoms. The number of aromatic nitrogens is 1. The third-order valence-corrected chi connectivity index (χ3v) is 6.03. The number of rotatable bonds is 5. The smallest absolute Gasteiger partial charge is 0.257 e. The fraction of sp³-hybridized carbons (Fsp3) is 0.217. The molecular weight excluding hydrogens is 512 g/mol. The molecule has 2 heterocycles. The quantitative estimate of drug-likeness (QED) is 0.508. The van der Waals surface area contributed by atoms with Crippen LogP contribution >= 0.6 is 22.6 Å². The molecule has 1 unspecified atom stereocenters. The maximum atomic E-state index is 14.5. The maximum absolute atomic E-state index is 14.5. The summed E-state index contributed by atoms with van der Waals surface area (Å²) in [5, 5.41) is 3.17. The Morgan fingerprint density at radius 2 is 1.90 bits per heavy atom. The highest BCUT2D eigenvalue weighted by molar-refractivity contribution is 14.1. The van der Waals surface area contributed by atoms with Gasteiger partial charge in [0, 0.05) is 35.8 Å². The molecule has 0 bridgehead atoms. The lowest BCUT2D eigenvalue weighted by atomic mass is 9.97. The number of aryl methyl sites for hydroxylation is 1. The van der Waals surface area contributed by atoms with E-state index in [9.17, 15) is 14.0 Å². The molecule has 0 spiro atoms. The van der Waals surface area contributed by atoms with Crippen molar-refractivity contribution in [1.82, 2.24) is 9.47 Å². The van der Waals surface area contributed by atoms with Gasteiger partial charge in [-0.3, -0.25) is 9.59 Å². The number of ether oxygens (including phenoxy) is 1. The minimum Gasteiger partial charge on any atom is -0.497 e. The minimum absolute atomic E-state index is 0.186. The van der Waals surface area contributed by atoms with Gasteiger partial charge in [0.25, 0.3) is 11.5 Å². The second-order valence-corrected chi connectivity index (χ2v) is 8.68. The normalized spacial score (nSPS) is 15.5. The molecular formula is C23H21FIN3O3. The van der Waals surface area contributed by atoms with Gasteiger partial charge in [0.2, 0.25) is 0 Å². The number of carbonyl (C=O) groups is 1. The Bertz CT molecular complexity index is 1190. The van der Waals surface area contributed by atoms with Crippen LogP contribution in [0, 0.1) is 9.39 Å². The molecule has 0 radical (unpaired) electrons. The number of nitrogens with one attached hydrogen (secondary N) is 1. The molecule has 0 aliphatic carbocycles. The van der Waals surface area contributed by atoms with Crippen molar-refractivity contribution in [3.05, 3.63) is 91.2 Å². The number of nitrogens with zero attached hydrogens (tertiary/aromatic N) is 2. The van der Waals surface area contributed by atoms with Crippen LogP contribution in [0.1, 0.15) is 21.5 Å². The van der Waals surface area contributed by atoms with E-state index in [1.54, 1.807) is 37.4 Å². The summed E-state index contributed by atoms with van der Waals surface area (Å²) in [6.45, 7) is 0.328. The summed E-state index contributed by atoms with van der Waals surface area (Å²) in [5.74, 6) is 0.124. The Labute approximate surface area is 192 Å². The summed E-state index contributed by atoms with van der Waals surface area (Å²) in [6, 6.07) is 13.8. The topological polar surface area (TPSA) is 63.6 Å². The highest BCUT2D eigenvalue weighted by Gasteiger charge is 2.33. The SMILES string of the molecule is COc1ccc(CN2C(=O)c3cn(C)c(=O)cc3CC2Nc2ccc(I)cc2F)cc1. The summed E-state index contributed by atoms with van der Waals surface area (Å²) in [6.07, 6.45) is 1.45. The standard InChI is InChI=1S/C23H21FIN3O3/c1-27-13-18-15(10-22(27)29)9-21(26-20-8-5-16(25)11-19(20)24)28(23(18)30)12-14-3-6-17(31-2)7-4-14/h3-8,10-11,13,21,26H,9,12H2,1-2H3. The Morgan fingerprint density at radius 1 is 1.16 bits per heavy atom. The zero-order valence-corrected chi connectivity index (χ0v) is 19.2. The molecule has 6 nitrogen and oxygen atoms in total. The maximum Gasteiger partial charge on any atom is 0.257 e. The van der Waals surface area contributed by atoms with E-state index in [4.69, 9.17) is 4.74 Å². The van der Waals surface area contributed by atoms with E-state index in [0.29, 0.717) is 29.8 Å². The number of benzene rings is 2. The average Bonchev–Trinajstić information content (AvgIpc) is 2.75. The van der Waals surface area contributed by atoms with E-state index in [2.05, 4.69) is 5.32 Å². The lowest BCUT2D eigenvalue weighted by Gasteiger charge is -2.37. The highest BCUT2D eigenvalue weighted by atomic mass is 127. The van der Waals surface area contributed by atoms with E-state index in [-0.39, 0.29) is 11.5 Å². The van der Waals surface area contributed by atoms with Gasteiger partial charge < -0.3 is 19.5 Å². The van der Waals surface area contributed by atoms with Gasteiger partial charge in [-0.15, -0.1) is 0 Å². The van der Waals surface area contributed by atoms with Crippen molar-refractivity contribution in [3.63, 3.8) is 0 Å². The zero-order valence-electron chi connectivity index (χ0n) is 17.1. The molecule has 1 aliphatic heterocycles. The fourth-order valence-electron chi connectivity index (χ4n) is 3.67. The van der Waals surface area contributed by atoms with Crippen molar-refractivity contribution in [1.29, 1.82) is 0 Å². The average molecular weight is 533 g/mol. The van der Waals surface area contributed by atoms with Crippen LogP contribution in [-0.2, 0) is 20.0 Å². The molecule has 4 rings (SSSR count). The molecule has 0 fully saturated rings. The van der Waals surface area contributed by atoms with Gasteiger partial charge >= 0.3 is 0 Å². The second-order valence-electron chi connectivity index (χ2n) is 7.43. The monoisotopic (exact) mass is 533 g/mol. The molecule has 1 aliphatic rings. The molecule has 2 aromatic carbocycles. The van der Waals surface area contributed by atoms with Crippen LogP contribution in [0.3, 0.4) is 0 Å². The van der Waals surface area contributed by atoms with Gasteiger partial charge in [-0.1, -0.05) is 12.1 Å². The molecule has 8 heteroatoms. The first kappa shape index (κ1) is 21.4. The summed E-state index contributed by atoms with van der Waals surface area (Å²) < 4.78 is 21.9. The van der Waals surface area contributed by atoms with Crippen LogP contribution in [0.25, 0.3) is 0 Å². The number of fused-ring (bicyclic) bond motifs is 1. The van der Waals surface area contributed by atoms with Gasteiger partial charge in [0.15, 0.2) is 0 Å². The van der Waals surface area contributed by atoms with Crippen LogP contribution in [0.15, 0.2) is 59.5 Å². The van der Waals surface area contributed by atoms with Crippen molar-refractivity contribution < 1.29 is 13.9 Å². The molecule has 1 amide bonds. The number of amides is 1. The fourth-order valence-corrected chi connectivity index (χ4v) is 4.12. The third kappa shape index (κ3) is 4.43. The van der Waals surface area contributed by atoms with Crippen molar-refractivity contribution in [2.45, 2.75) is 19.1 Å². The van der Waals surface area contributed by atoms with E-state index >= 15 is 0 Å². The highest BCUT2D eigenvalue weighted by Crippen LogP contribution is 2.27. The van der Waals surface area contributed by atoms with E-state index in [1.807, 2.05) is 46.9 Å². The number of carbonyl (C=O) groups excluding carboxylic acids is 1. The Balaban J connectivity index is 1.71. The number of anilines is 1. The van der Waals surface area contributed by atoms with Crippen LogP contribution in [0.5, 0.6) is 5.75 Å². The molecule has 1 N–H and O–H groups in total. The molecule has 1 aromatic heterocycles. The molecule has 0 saturated carbocycles. The Kier molecular flexibility index (Phi) is 5.99. The Morgan fingerprint density at radius 3 is 2.58 bits per heavy atom. The van der Waals surface area contributed by atoms with Gasteiger partial charge in [-0.2, -0.15) is 0 Å². The van der Waals surface area contributed by atoms with Crippen molar-refractivity contribution >= 4 is 34.2 Å². The van der Waals surface area contributed by atoms with Crippen LogP contribution in [0.2, 0.25) is 0 Å². The van der Waals surface area contributed by atoms with E-state index in [1.165, 1.54) is 16.7 Å². The first-order valence-electron chi connectivity index (χ1n) is 9.71. The molecule has 0 saturated heterocycles. The first-order valence-corrected chi connectivity index (χ1v) is 10.8. The van der Waals surface area contributed by atoms with Gasteiger partial charge in [0.05, 0.1) is 18.4 Å². The summed E-state index contributed by atoms with van der Waals surface area (Å²) in [4.78, 5) is 27.2. The molecule has 1 atom stereocenters. The lowest BCUT2D eigenvalue weighted by molar-refractivity contribution is 0.0656. The minimum atomic E-state index is -0.510. The molecule has 160 valence electrons. The largest absolute Gasteiger partial charge is 0.497 e. The lowest BCUT2D eigenvalue weighted by Crippen LogP contribution is -2.50. The van der Waals surface area contributed by atoms with Crippen molar-refractivity contribution in [3.8, 4) is 5.75 Å². The number of methoxy groups -OCH3 is 1. The second kappa shape index (κ2) is 8.70. The predicted molar refractivity (Wildman–Crippen MR) is 125 cm³/mol. The van der Waals surface area contributed by atoms with E-state index < -0.39 is 12.0 Å². The van der Waals surface area contributed by atoms with E-state index in [0.717, 1.165) is 14.9 Å². The van der Waals surface area contributed by atoms with Gasteiger partial charge in [-0.25, -0.2) is 4.39 Å². The number of hydrogen-bond acceptors (Lipinski definition) is 4. The first-order chi connectivity index (χ1) is 14.9. The van der Waals surface area contributed by atoms with Gasteiger partial charge in [-0.05, 0) is 64.0 Å².